The molecule has 1 aromatic heterocycles. The van der Waals surface area contributed by atoms with Crippen molar-refractivity contribution in [2.75, 3.05) is 12.8 Å². The molecule has 24 heavy (non-hydrogen) atoms. The van der Waals surface area contributed by atoms with Crippen LogP contribution in [0.2, 0.25) is 0 Å². The van der Waals surface area contributed by atoms with E-state index in [2.05, 4.69) is 22.2 Å². The molecule has 0 aliphatic heterocycles. The first-order chi connectivity index (χ1) is 11.7. The number of benzene rings is 2. The smallest absolute Gasteiger partial charge is 0.221 e. The molecule has 0 saturated carbocycles. The number of nitrogens with zero attached hydrogens (tertiary/aromatic N) is 3. The molecular weight excluding hydrogens is 320 g/mol. The summed E-state index contributed by atoms with van der Waals surface area (Å²) < 4.78 is 6.85. The van der Waals surface area contributed by atoms with Crippen molar-refractivity contribution >= 4 is 23.9 Å². The Morgan fingerprint density at radius 2 is 2.04 bits per heavy atom. The van der Waals surface area contributed by atoms with E-state index in [9.17, 15) is 0 Å². The van der Waals surface area contributed by atoms with Gasteiger partial charge < -0.3 is 10.5 Å². The van der Waals surface area contributed by atoms with Crippen molar-refractivity contribution in [1.82, 2.24) is 9.66 Å². The average molecular weight is 338 g/mol. The van der Waals surface area contributed by atoms with Crippen molar-refractivity contribution in [2.45, 2.75) is 16.7 Å². The van der Waals surface area contributed by atoms with Crippen LogP contribution >= 0.6 is 11.8 Å². The molecule has 0 aliphatic carbocycles. The summed E-state index contributed by atoms with van der Waals surface area (Å²) in [5.41, 5.74) is 7.67. The van der Waals surface area contributed by atoms with Crippen LogP contribution in [0.4, 0.5) is 5.95 Å². The highest BCUT2D eigenvalue weighted by molar-refractivity contribution is 7.99. The number of imidazole rings is 1. The molecule has 0 unspecified atom stereocenters. The molecule has 122 valence electrons. The van der Waals surface area contributed by atoms with E-state index in [0.717, 1.165) is 26.8 Å². The Morgan fingerprint density at radius 1 is 1.21 bits per heavy atom. The third-order valence-corrected chi connectivity index (χ3v) is 4.43. The van der Waals surface area contributed by atoms with Crippen molar-refractivity contribution < 1.29 is 4.74 Å². The highest BCUT2D eigenvalue weighted by Gasteiger charge is 2.04. The van der Waals surface area contributed by atoms with Gasteiger partial charge in [0.15, 0.2) is 0 Å². The number of hydrogen-bond donors (Lipinski definition) is 1. The fourth-order valence-electron chi connectivity index (χ4n) is 2.19. The van der Waals surface area contributed by atoms with Gasteiger partial charge in [0.05, 0.1) is 25.2 Å². The van der Waals surface area contributed by atoms with Gasteiger partial charge in [-0.2, -0.15) is 5.10 Å². The summed E-state index contributed by atoms with van der Waals surface area (Å²) in [4.78, 5) is 6.35. The van der Waals surface area contributed by atoms with Crippen molar-refractivity contribution in [3.63, 3.8) is 0 Å². The standard InChI is InChI=1S/C18H18N4OS/c1-13-12-22(18(19)21-13)20-11-14-6-3-4-9-17(14)24-16-8-5-7-15(10-16)23-2/h3-12H,1-2H3,(H2,19,21). The van der Waals surface area contributed by atoms with E-state index in [1.807, 2.05) is 43.3 Å². The Morgan fingerprint density at radius 3 is 2.79 bits per heavy atom. The topological polar surface area (TPSA) is 65.4 Å². The first-order valence-electron chi connectivity index (χ1n) is 7.42. The van der Waals surface area contributed by atoms with Crippen LogP contribution < -0.4 is 10.5 Å². The van der Waals surface area contributed by atoms with E-state index in [0.29, 0.717) is 5.95 Å². The molecule has 0 saturated heterocycles. The molecule has 6 heteroatoms. The van der Waals surface area contributed by atoms with Gasteiger partial charge in [-0.3, -0.25) is 0 Å². The largest absolute Gasteiger partial charge is 0.497 e. The lowest BCUT2D eigenvalue weighted by molar-refractivity contribution is 0.413. The first kappa shape index (κ1) is 16.1. The number of ether oxygens (including phenoxy) is 1. The predicted molar refractivity (Wildman–Crippen MR) is 97.9 cm³/mol. The van der Waals surface area contributed by atoms with Gasteiger partial charge in [0.2, 0.25) is 5.95 Å². The molecule has 2 N–H and O–H groups in total. The normalized spacial score (nSPS) is 11.1. The third-order valence-electron chi connectivity index (χ3n) is 3.34. The predicted octanol–water partition coefficient (Wildman–Crippen LogP) is 3.82. The molecule has 5 nitrogen and oxygen atoms in total. The van der Waals surface area contributed by atoms with E-state index in [1.165, 1.54) is 0 Å². The number of anilines is 1. The number of methoxy groups -OCH3 is 1. The summed E-state index contributed by atoms with van der Waals surface area (Å²) in [6.45, 7) is 1.88. The molecule has 0 radical (unpaired) electrons. The molecular formula is C18H18N4OS. The SMILES string of the molecule is COc1cccc(Sc2ccccc2C=Nn2cc(C)nc2N)c1. The summed E-state index contributed by atoms with van der Waals surface area (Å²) in [5.74, 6) is 1.22. The van der Waals surface area contributed by atoms with Crippen LogP contribution in [0.1, 0.15) is 11.3 Å². The summed E-state index contributed by atoms with van der Waals surface area (Å²) in [6, 6.07) is 16.1. The molecule has 1 heterocycles. The molecule has 2 aromatic carbocycles. The average Bonchev–Trinajstić information content (AvgIpc) is 2.92. The van der Waals surface area contributed by atoms with Gasteiger partial charge in [0, 0.05) is 15.4 Å². The second-order valence-electron chi connectivity index (χ2n) is 5.15. The molecule has 0 fully saturated rings. The molecule has 0 bridgehead atoms. The highest BCUT2D eigenvalue weighted by Crippen LogP contribution is 2.31. The number of aromatic nitrogens is 2. The number of aryl methyl sites for hydroxylation is 1. The molecule has 0 spiro atoms. The van der Waals surface area contributed by atoms with Gasteiger partial charge >= 0.3 is 0 Å². The number of nitrogens with two attached hydrogens (primary N) is 1. The summed E-state index contributed by atoms with van der Waals surface area (Å²) >= 11 is 1.66. The van der Waals surface area contributed by atoms with E-state index in [4.69, 9.17) is 10.5 Å². The van der Waals surface area contributed by atoms with E-state index in [-0.39, 0.29) is 0 Å². The van der Waals surface area contributed by atoms with Gasteiger partial charge in [-0.05, 0) is 31.2 Å². The Balaban J connectivity index is 1.86. The second-order valence-corrected chi connectivity index (χ2v) is 6.26. The number of hydrogen-bond acceptors (Lipinski definition) is 5. The van der Waals surface area contributed by atoms with Crippen LogP contribution in [-0.2, 0) is 0 Å². The monoisotopic (exact) mass is 338 g/mol. The van der Waals surface area contributed by atoms with E-state index < -0.39 is 0 Å². The minimum atomic E-state index is 0.377. The maximum absolute atomic E-state index is 5.82. The zero-order chi connectivity index (χ0) is 16.9. The van der Waals surface area contributed by atoms with Crippen LogP contribution in [0.25, 0.3) is 0 Å². The fourth-order valence-corrected chi connectivity index (χ4v) is 3.15. The second kappa shape index (κ2) is 7.23. The maximum atomic E-state index is 5.82. The fraction of sp³-hybridized carbons (Fsp3) is 0.111. The van der Waals surface area contributed by atoms with Crippen molar-refractivity contribution in [2.24, 2.45) is 5.10 Å². The van der Waals surface area contributed by atoms with E-state index >= 15 is 0 Å². The molecule has 0 aliphatic rings. The summed E-state index contributed by atoms with van der Waals surface area (Å²) in [7, 11) is 1.67. The van der Waals surface area contributed by atoms with Gasteiger partial charge in [-0.1, -0.05) is 36.0 Å². The van der Waals surface area contributed by atoms with Crippen molar-refractivity contribution in [1.29, 1.82) is 0 Å². The van der Waals surface area contributed by atoms with Crippen LogP contribution in [0.5, 0.6) is 5.75 Å². The maximum Gasteiger partial charge on any atom is 0.221 e. The first-order valence-corrected chi connectivity index (χ1v) is 8.24. The third kappa shape index (κ3) is 3.78. The Hall–Kier alpha value is -2.73. The van der Waals surface area contributed by atoms with Gasteiger partial charge in [-0.25, -0.2) is 9.66 Å². The zero-order valence-electron chi connectivity index (χ0n) is 13.5. The minimum Gasteiger partial charge on any atom is -0.497 e. The summed E-state index contributed by atoms with van der Waals surface area (Å²) in [5, 5.41) is 4.40. The number of nitrogen functional groups attached to an aromatic ring is 1. The minimum absolute atomic E-state index is 0.377. The van der Waals surface area contributed by atoms with Crippen LogP contribution in [0.15, 0.2) is 69.6 Å². The van der Waals surface area contributed by atoms with Crippen LogP contribution in [-0.4, -0.2) is 23.0 Å². The lowest BCUT2D eigenvalue weighted by atomic mass is 10.2. The number of rotatable bonds is 5. The molecule has 3 rings (SSSR count). The Bertz CT molecular complexity index is 873. The van der Waals surface area contributed by atoms with E-state index in [1.54, 1.807) is 36.0 Å². The summed E-state index contributed by atoms with van der Waals surface area (Å²) in [6.07, 6.45) is 3.59. The van der Waals surface area contributed by atoms with Gasteiger partial charge in [0.25, 0.3) is 0 Å². The lowest BCUT2D eigenvalue weighted by Crippen LogP contribution is -1.97. The Kier molecular flexibility index (Phi) is 4.86. The van der Waals surface area contributed by atoms with Gasteiger partial charge in [0.1, 0.15) is 5.75 Å². The zero-order valence-corrected chi connectivity index (χ0v) is 14.3. The Labute approximate surface area is 145 Å². The quantitative estimate of drug-likeness (QED) is 0.718. The van der Waals surface area contributed by atoms with Crippen LogP contribution in [0, 0.1) is 6.92 Å². The van der Waals surface area contributed by atoms with Crippen LogP contribution in [0.3, 0.4) is 0 Å². The molecule has 3 aromatic rings. The van der Waals surface area contributed by atoms with Crippen molar-refractivity contribution in [3.8, 4) is 5.75 Å². The van der Waals surface area contributed by atoms with Crippen molar-refractivity contribution in [3.05, 3.63) is 66.0 Å². The molecule has 0 amide bonds. The van der Waals surface area contributed by atoms with Gasteiger partial charge in [-0.15, -0.1) is 0 Å². The molecule has 0 atom stereocenters. The highest BCUT2D eigenvalue weighted by atomic mass is 32.2. The lowest BCUT2D eigenvalue weighted by Gasteiger charge is -2.07.